The number of carbonyl (C=O) groups excluding carboxylic acids is 2. The highest BCUT2D eigenvalue weighted by atomic mass is 32.2. The fourth-order valence-electron chi connectivity index (χ4n) is 3.07. The molecule has 1 aliphatic heterocycles. The maximum Gasteiger partial charge on any atom is 0.286 e. The van der Waals surface area contributed by atoms with E-state index in [0.29, 0.717) is 6.42 Å². The molecule has 0 radical (unpaired) electrons. The Hall–Kier alpha value is -2.05. The summed E-state index contributed by atoms with van der Waals surface area (Å²) in [6, 6.07) is 12.5. The van der Waals surface area contributed by atoms with Crippen LogP contribution in [0.5, 0.6) is 0 Å². The Morgan fingerprint density at radius 2 is 2.04 bits per heavy atom. The van der Waals surface area contributed by atoms with Crippen LogP contribution in [0.3, 0.4) is 0 Å². The van der Waals surface area contributed by atoms with Gasteiger partial charge in [-0.15, -0.1) is 11.3 Å². The Balaban J connectivity index is 1.57. The number of fused-ring (bicyclic) bond motifs is 1. The molecule has 0 aliphatic carbocycles. The van der Waals surface area contributed by atoms with Crippen molar-refractivity contribution in [2.24, 2.45) is 0 Å². The molecule has 6 heteroatoms. The zero-order valence-electron chi connectivity index (χ0n) is 12.9. The predicted octanol–water partition coefficient (Wildman–Crippen LogP) is 3.84. The molecule has 1 saturated heterocycles. The van der Waals surface area contributed by atoms with Crippen LogP contribution >= 0.6 is 23.1 Å². The van der Waals surface area contributed by atoms with E-state index in [1.807, 2.05) is 12.1 Å². The molecule has 4 nitrogen and oxygen atoms in total. The minimum Gasteiger partial charge on any atom is -0.347 e. The van der Waals surface area contributed by atoms with Gasteiger partial charge in [0.15, 0.2) is 0 Å². The molecule has 1 aliphatic rings. The van der Waals surface area contributed by atoms with Crippen molar-refractivity contribution in [3.8, 4) is 0 Å². The lowest BCUT2D eigenvalue weighted by Gasteiger charge is -2.09. The molecule has 3 heterocycles. The van der Waals surface area contributed by atoms with Gasteiger partial charge < -0.3 is 4.57 Å². The van der Waals surface area contributed by atoms with Crippen LogP contribution < -0.4 is 5.32 Å². The number of rotatable bonds is 5. The first-order chi connectivity index (χ1) is 11.7. The van der Waals surface area contributed by atoms with Gasteiger partial charge in [-0.1, -0.05) is 30.0 Å². The fourth-order valence-corrected chi connectivity index (χ4v) is 4.62. The van der Waals surface area contributed by atoms with E-state index >= 15 is 0 Å². The highest BCUT2D eigenvalue weighted by Crippen LogP contribution is 2.27. The number of benzene rings is 1. The van der Waals surface area contributed by atoms with Crippen LogP contribution in [0.2, 0.25) is 0 Å². The maximum absolute atomic E-state index is 11.8. The number of thioether (sulfide) groups is 1. The molecule has 1 fully saturated rings. The lowest BCUT2D eigenvalue weighted by molar-refractivity contribution is -0.118. The van der Waals surface area contributed by atoms with E-state index in [0.717, 1.165) is 35.7 Å². The van der Waals surface area contributed by atoms with Gasteiger partial charge in [0, 0.05) is 28.5 Å². The second-order valence-electron chi connectivity index (χ2n) is 5.78. The number of hydrogen-bond acceptors (Lipinski definition) is 4. The third kappa shape index (κ3) is 2.99. The van der Waals surface area contributed by atoms with Crippen LogP contribution in [-0.2, 0) is 24.2 Å². The molecule has 2 amide bonds. The first kappa shape index (κ1) is 15.5. The van der Waals surface area contributed by atoms with Crippen molar-refractivity contribution in [2.75, 3.05) is 0 Å². The molecule has 122 valence electrons. The summed E-state index contributed by atoms with van der Waals surface area (Å²) >= 11 is 2.87. The molecule has 1 N–H and O–H groups in total. The van der Waals surface area contributed by atoms with E-state index in [1.165, 1.54) is 10.4 Å². The summed E-state index contributed by atoms with van der Waals surface area (Å²) in [4.78, 5) is 24.5. The Bertz CT molecular complexity index is 899. The number of hydrogen-bond donors (Lipinski definition) is 1. The minimum atomic E-state index is -0.322. The van der Waals surface area contributed by atoms with Gasteiger partial charge in [0.05, 0.1) is 5.25 Å². The number of imide groups is 1. The van der Waals surface area contributed by atoms with Crippen molar-refractivity contribution in [3.63, 3.8) is 0 Å². The zero-order chi connectivity index (χ0) is 16.5. The Morgan fingerprint density at radius 1 is 1.12 bits per heavy atom. The number of aromatic nitrogens is 1. The first-order valence-corrected chi connectivity index (χ1v) is 9.57. The lowest BCUT2D eigenvalue weighted by Crippen LogP contribution is -2.25. The highest BCUT2D eigenvalue weighted by Gasteiger charge is 2.31. The van der Waals surface area contributed by atoms with Crippen LogP contribution in [0.25, 0.3) is 10.9 Å². The van der Waals surface area contributed by atoms with E-state index in [-0.39, 0.29) is 16.4 Å². The van der Waals surface area contributed by atoms with E-state index in [1.54, 1.807) is 11.3 Å². The SMILES string of the molecule is O=C1NC(=O)C(Cc2cccc3c2ccn3CCc2cccs2)S1. The summed E-state index contributed by atoms with van der Waals surface area (Å²) in [5.41, 5.74) is 2.29. The quantitative estimate of drug-likeness (QED) is 0.756. The average Bonchev–Trinajstić information content (AvgIpc) is 3.27. The summed E-state index contributed by atoms with van der Waals surface area (Å²) < 4.78 is 2.26. The molecular formula is C18H16N2O2S2. The number of thiophene rings is 1. The Morgan fingerprint density at radius 3 is 2.79 bits per heavy atom. The van der Waals surface area contributed by atoms with Crippen molar-refractivity contribution >= 4 is 45.1 Å². The van der Waals surface area contributed by atoms with Crippen LogP contribution in [-0.4, -0.2) is 21.0 Å². The third-order valence-corrected chi connectivity index (χ3v) is 6.17. The van der Waals surface area contributed by atoms with Gasteiger partial charge in [0.2, 0.25) is 5.91 Å². The van der Waals surface area contributed by atoms with Crippen molar-refractivity contribution in [1.82, 2.24) is 9.88 Å². The van der Waals surface area contributed by atoms with Crippen molar-refractivity contribution in [2.45, 2.75) is 24.6 Å². The lowest BCUT2D eigenvalue weighted by atomic mass is 10.0. The normalized spacial score (nSPS) is 17.6. The monoisotopic (exact) mass is 356 g/mol. The molecule has 1 unspecified atom stereocenters. The van der Waals surface area contributed by atoms with E-state index < -0.39 is 0 Å². The number of nitrogens with one attached hydrogen (secondary N) is 1. The number of aryl methyl sites for hydroxylation is 2. The van der Waals surface area contributed by atoms with Crippen molar-refractivity contribution in [1.29, 1.82) is 0 Å². The highest BCUT2D eigenvalue weighted by molar-refractivity contribution is 8.15. The fraction of sp³-hybridized carbons (Fsp3) is 0.222. The summed E-state index contributed by atoms with van der Waals surface area (Å²) in [5.74, 6) is -0.181. The first-order valence-electron chi connectivity index (χ1n) is 7.81. The Kier molecular flexibility index (Phi) is 4.16. The van der Waals surface area contributed by atoms with Crippen LogP contribution in [0.4, 0.5) is 4.79 Å². The van der Waals surface area contributed by atoms with E-state index in [2.05, 4.69) is 45.7 Å². The minimum absolute atomic E-state index is 0.181. The molecule has 0 saturated carbocycles. The van der Waals surface area contributed by atoms with Gasteiger partial charge >= 0.3 is 0 Å². The van der Waals surface area contributed by atoms with E-state index in [9.17, 15) is 9.59 Å². The zero-order valence-corrected chi connectivity index (χ0v) is 14.5. The predicted molar refractivity (Wildman–Crippen MR) is 98.6 cm³/mol. The third-order valence-electron chi connectivity index (χ3n) is 4.26. The van der Waals surface area contributed by atoms with Gasteiger partial charge in [-0.05, 0) is 42.0 Å². The number of nitrogens with zero attached hydrogens (tertiary/aromatic N) is 1. The van der Waals surface area contributed by atoms with Gasteiger partial charge in [-0.2, -0.15) is 0 Å². The molecular weight excluding hydrogens is 340 g/mol. The molecule has 2 aromatic heterocycles. The molecule has 24 heavy (non-hydrogen) atoms. The summed E-state index contributed by atoms with van der Waals surface area (Å²) in [6.07, 6.45) is 3.70. The van der Waals surface area contributed by atoms with Gasteiger partial charge in [-0.25, -0.2) is 0 Å². The summed E-state index contributed by atoms with van der Waals surface area (Å²) in [6.45, 7) is 0.935. The molecule has 4 rings (SSSR count). The second-order valence-corrected chi connectivity index (χ2v) is 7.98. The summed E-state index contributed by atoms with van der Waals surface area (Å²) in [7, 11) is 0. The van der Waals surface area contributed by atoms with Gasteiger partial charge in [0.25, 0.3) is 5.24 Å². The standard InChI is InChI=1S/C18H16N2O2S2/c21-17-16(24-18(22)19-17)11-12-3-1-5-15-14(12)7-9-20(15)8-6-13-4-2-10-23-13/h1-5,7,9-10,16H,6,8,11H2,(H,19,21,22). The molecule has 1 atom stereocenters. The topological polar surface area (TPSA) is 51.1 Å². The maximum atomic E-state index is 11.8. The number of carbonyl (C=O) groups is 2. The summed E-state index contributed by atoms with van der Waals surface area (Å²) in [5, 5.41) is 5.06. The Labute approximate surface area is 147 Å². The molecule has 0 bridgehead atoms. The van der Waals surface area contributed by atoms with E-state index in [4.69, 9.17) is 0 Å². The average molecular weight is 356 g/mol. The van der Waals surface area contributed by atoms with Gasteiger partial charge in [0.1, 0.15) is 0 Å². The molecule has 1 aromatic carbocycles. The number of amides is 2. The second kappa shape index (κ2) is 6.45. The molecule has 0 spiro atoms. The smallest absolute Gasteiger partial charge is 0.286 e. The van der Waals surface area contributed by atoms with Crippen LogP contribution in [0.1, 0.15) is 10.4 Å². The van der Waals surface area contributed by atoms with Crippen LogP contribution in [0, 0.1) is 0 Å². The largest absolute Gasteiger partial charge is 0.347 e. The molecule has 3 aromatic rings. The van der Waals surface area contributed by atoms with Crippen molar-refractivity contribution in [3.05, 3.63) is 58.4 Å². The van der Waals surface area contributed by atoms with Gasteiger partial charge in [-0.3, -0.25) is 14.9 Å². The van der Waals surface area contributed by atoms with Crippen molar-refractivity contribution < 1.29 is 9.59 Å². The van der Waals surface area contributed by atoms with Crippen LogP contribution in [0.15, 0.2) is 48.0 Å².